The number of rotatable bonds is 9. The van der Waals surface area contributed by atoms with E-state index in [9.17, 15) is 31.7 Å². The lowest BCUT2D eigenvalue weighted by atomic mass is 10.1. The Labute approximate surface area is 166 Å². The highest BCUT2D eigenvalue weighted by Crippen LogP contribution is 2.42. The number of nitrogens with zero attached hydrogens (tertiary/aromatic N) is 1. The van der Waals surface area contributed by atoms with Crippen LogP contribution >= 0.6 is 11.3 Å². The van der Waals surface area contributed by atoms with Gasteiger partial charge >= 0.3 is 0 Å². The molecule has 0 bridgehead atoms. The number of hydrogen-bond donors (Lipinski definition) is 2. The molecule has 2 atom stereocenters. The third-order valence-electron chi connectivity index (χ3n) is 4.14. The van der Waals surface area contributed by atoms with Gasteiger partial charge in [-0.2, -0.15) is 0 Å². The van der Waals surface area contributed by atoms with E-state index in [4.69, 9.17) is 0 Å². The van der Waals surface area contributed by atoms with Crippen LogP contribution in [0.5, 0.6) is 0 Å². The van der Waals surface area contributed by atoms with Crippen molar-refractivity contribution in [2.75, 3.05) is 13.2 Å². The lowest BCUT2D eigenvalue weighted by Gasteiger charge is -2.27. The molecule has 0 saturated carbocycles. The molecule has 2 N–H and O–H groups in total. The number of amides is 1. The van der Waals surface area contributed by atoms with Crippen LogP contribution in [0.4, 0.5) is 0 Å². The van der Waals surface area contributed by atoms with Crippen molar-refractivity contribution in [2.24, 2.45) is 0 Å². The number of carbonyl (C=O) groups is 1. The Kier molecular flexibility index (Phi) is 7.01. The Morgan fingerprint density at radius 1 is 1.46 bits per heavy atom. The molecule has 0 aromatic carbocycles. The fraction of sp³-hybridized carbons (Fsp3) is 0.643. The monoisotopic (exact) mass is 455 g/mol. The van der Waals surface area contributed by atoms with Crippen LogP contribution in [0.15, 0.2) is 14.5 Å². The summed E-state index contributed by atoms with van der Waals surface area (Å²) in [4.78, 5) is 25.9. The molecular formula is C14H21N3O8S3. The molecule has 158 valence electrons. The first-order chi connectivity index (χ1) is 13.0. The van der Waals surface area contributed by atoms with Crippen LogP contribution in [0.1, 0.15) is 44.7 Å². The Bertz CT molecular complexity index is 954. The average Bonchev–Trinajstić information content (AvgIpc) is 3.04. The zero-order valence-electron chi connectivity index (χ0n) is 15.2. The van der Waals surface area contributed by atoms with Crippen molar-refractivity contribution in [3.8, 4) is 0 Å². The minimum Gasteiger partial charge on any atom is -0.314 e. The summed E-state index contributed by atoms with van der Waals surface area (Å²) in [5, 5.41) is 11.5. The van der Waals surface area contributed by atoms with Gasteiger partial charge in [-0.15, -0.1) is 21.5 Å². The maximum atomic E-state index is 12.6. The van der Waals surface area contributed by atoms with Gasteiger partial charge < -0.3 is 10.2 Å². The van der Waals surface area contributed by atoms with Gasteiger partial charge in [-0.1, -0.05) is 6.92 Å². The van der Waals surface area contributed by atoms with Crippen LogP contribution in [0.2, 0.25) is 0 Å². The molecule has 2 heterocycles. The van der Waals surface area contributed by atoms with Gasteiger partial charge in [-0.25, -0.2) is 21.6 Å². The molecule has 0 aliphatic carbocycles. The molecule has 0 spiro atoms. The van der Waals surface area contributed by atoms with E-state index >= 15 is 0 Å². The number of thiophene rings is 1. The molecule has 2 rings (SSSR count). The number of carbonyl (C=O) groups excluding carboxylic acids is 1. The van der Waals surface area contributed by atoms with Crippen molar-refractivity contribution in [2.45, 2.75) is 52.8 Å². The Hall–Kier alpha value is -1.77. The molecule has 1 amide bonds. The molecule has 1 aromatic rings. The molecule has 1 aliphatic rings. The van der Waals surface area contributed by atoms with E-state index in [-0.39, 0.29) is 33.9 Å². The molecule has 1 unspecified atom stereocenters. The van der Waals surface area contributed by atoms with Crippen molar-refractivity contribution in [3.05, 3.63) is 21.7 Å². The van der Waals surface area contributed by atoms with Crippen molar-refractivity contribution < 1.29 is 31.6 Å². The van der Waals surface area contributed by atoms with Crippen LogP contribution in [0.25, 0.3) is 0 Å². The largest absolute Gasteiger partial charge is 0.314 e. The van der Waals surface area contributed by atoms with Gasteiger partial charge in [-0.05, 0) is 32.4 Å². The van der Waals surface area contributed by atoms with E-state index in [0.29, 0.717) is 29.9 Å². The third kappa shape index (κ3) is 4.98. The van der Waals surface area contributed by atoms with Gasteiger partial charge in [0.1, 0.15) is 8.42 Å². The van der Waals surface area contributed by atoms with Crippen LogP contribution in [0, 0.1) is 10.1 Å². The van der Waals surface area contributed by atoms with E-state index in [0.717, 1.165) is 0 Å². The molecular weight excluding hydrogens is 434 g/mol. The van der Waals surface area contributed by atoms with Crippen molar-refractivity contribution in [1.29, 1.82) is 0 Å². The van der Waals surface area contributed by atoms with E-state index in [1.54, 1.807) is 6.92 Å². The molecule has 28 heavy (non-hydrogen) atoms. The first-order valence-corrected chi connectivity index (χ1v) is 12.3. The topological polar surface area (TPSA) is 162 Å². The fourth-order valence-corrected chi connectivity index (χ4v) is 7.81. The summed E-state index contributed by atoms with van der Waals surface area (Å²) in [7, 11) is -7.91. The minimum atomic E-state index is -4.26. The van der Waals surface area contributed by atoms with Gasteiger partial charge in [-0.3, -0.25) is 4.79 Å². The number of nitrogens with one attached hydrogen (secondary N) is 2. The highest BCUT2D eigenvalue weighted by molar-refractivity contribution is 7.95. The van der Waals surface area contributed by atoms with Crippen LogP contribution in [-0.2, 0) is 29.5 Å². The van der Waals surface area contributed by atoms with Gasteiger partial charge in [0.25, 0.3) is 15.1 Å². The maximum Gasteiger partial charge on any atom is 0.294 e. The second-order valence-electron chi connectivity index (χ2n) is 6.20. The number of sulfone groups is 1. The SMILES string of the molecule is CCN[C@H]1CC(C)S(=O)(=O)c2sc(S(=O)(=O)NC(=O)CCCO[N+](=O)[O-])cc21. The smallest absolute Gasteiger partial charge is 0.294 e. The molecule has 0 saturated heterocycles. The summed E-state index contributed by atoms with van der Waals surface area (Å²) < 4.78 is 51.7. The van der Waals surface area contributed by atoms with Gasteiger partial charge in [0, 0.05) is 18.0 Å². The molecule has 11 nitrogen and oxygen atoms in total. The van der Waals surface area contributed by atoms with Crippen molar-refractivity contribution >= 4 is 37.1 Å². The number of fused-ring (bicyclic) bond motifs is 1. The molecule has 14 heteroatoms. The highest BCUT2D eigenvalue weighted by atomic mass is 32.3. The Balaban J connectivity index is 2.20. The van der Waals surface area contributed by atoms with Crippen LogP contribution in [-0.4, -0.2) is 46.2 Å². The summed E-state index contributed by atoms with van der Waals surface area (Å²) in [5.41, 5.74) is 0.386. The Morgan fingerprint density at radius 3 is 2.75 bits per heavy atom. The summed E-state index contributed by atoms with van der Waals surface area (Å²) in [6.45, 7) is 3.68. The minimum absolute atomic E-state index is 0.00981. The first kappa shape index (κ1) is 22.5. The van der Waals surface area contributed by atoms with Crippen LogP contribution < -0.4 is 10.0 Å². The molecule has 1 aromatic heterocycles. The normalized spacial score (nSPS) is 20.9. The summed E-state index contributed by atoms with van der Waals surface area (Å²) >= 11 is 0.612. The van der Waals surface area contributed by atoms with Crippen molar-refractivity contribution in [1.82, 2.24) is 10.0 Å². The first-order valence-electron chi connectivity index (χ1n) is 8.43. The standard InChI is InChI=1S/C14H21N3O8S3/c1-3-15-11-7-9(2)27(21,22)14-10(11)8-13(26-14)28(23,24)16-12(18)5-4-6-25-17(19)20/h8-9,11,15H,3-7H2,1-2H3,(H,16,18)/t9?,11-/m0/s1. The Morgan fingerprint density at radius 2 is 2.14 bits per heavy atom. The van der Waals surface area contributed by atoms with E-state index in [2.05, 4.69) is 10.2 Å². The molecule has 1 aliphatic heterocycles. The van der Waals surface area contributed by atoms with Gasteiger partial charge in [0.05, 0.1) is 11.9 Å². The average molecular weight is 456 g/mol. The molecule has 0 fully saturated rings. The quantitative estimate of drug-likeness (QED) is 0.311. The maximum absolute atomic E-state index is 12.6. The van der Waals surface area contributed by atoms with E-state index < -0.39 is 36.1 Å². The number of sulfonamides is 1. The van der Waals surface area contributed by atoms with Crippen LogP contribution in [0.3, 0.4) is 0 Å². The number of hydrogen-bond acceptors (Lipinski definition) is 10. The van der Waals surface area contributed by atoms with Gasteiger partial charge in [0.15, 0.2) is 9.84 Å². The highest BCUT2D eigenvalue weighted by Gasteiger charge is 2.39. The zero-order valence-corrected chi connectivity index (χ0v) is 17.7. The van der Waals surface area contributed by atoms with Gasteiger partial charge in [0.2, 0.25) is 5.91 Å². The summed E-state index contributed by atoms with van der Waals surface area (Å²) in [5.74, 6) is -0.863. The summed E-state index contributed by atoms with van der Waals surface area (Å²) in [6.07, 6.45) is -0.0205. The predicted molar refractivity (Wildman–Crippen MR) is 99.5 cm³/mol. The second-order valence-corrected chi connectivity index (χ2v) is 11.7. The zero-order chi connectivity index (χ0) is 21.1. The summed E-state index contributed by atoms with van der Waals surface area (Å²) in [6, 6.07) is 0.982. The third-order valence-corrected chi connectivity index (χ3v) is 9.89. The second kappa shape index (κ2) is 8.71. The predicted octanol–water partition coefficient (Wildman–Crippen LogP) is 0.758. The van der Waals surface area contributed by atoms with E-state index in [1.165, 1.54) is 6.07 Å². The lowest BCUT2D eigenvalue weighted by Crippen LogP contribution is -2.33. The molecule has 0 radical (unpaired) electrons. The van der Waals surface area contributed by atoms with Crippen molar-refractivity contribution in [3.63, 3.8) is 0 Å². The van der Waals surface area contributed by atoms with E-state index in [1.807, 2.05) is 11.6 Å². The fourth-order valence-electron chi connectivity index (χ4n) is 2.79. The lowest BCUT2D eigenvalue weighted by molar-refractivity contribution is -0.757.